The van der Waals surface area contributed by atoms with Crippen LogP contribution in [0.5, 0.6) is 0 Å². The first-order valence-corrected chi connectivity index (χ1v) is 11.0. The first-order valence-electron chi connectivity index (χ1n) is 11.0. The van der Waals surface area contributed by atoms with Crippen LogP contribution in [0.4, 0.5) is 10.1 Å². The highest BCUT2D eigenvalue weighted by atomic mass is 19.1. The lowest BCUT2D eigenvalue weighted by molar-refractivity contribution is 0.628. The van der Waals surface area contributed by atoms with E-state index in [4.69, 9.17) is 15.7 Å². The highest BCUT2D eigenvalue weighted by Crippen LogP contribution is 2.29. The number of nitrogens with two attached hydrogens (primary N) is 1. The molecule has 0 saturated heterocycles. The molecule has 0 radical (unpaired) electrons. The summed E-state index contributed by atoms with van der Waals surface area (Å²) < 4.78 is 13.4. The number of H-pyrrole nitrogens is 1. The number of imidazole rings is 1. The Hall–Kier alpha value is -4.39. The highest BCUT2D eigenvalue weighted by molar-refractivity contribution is 6.13. The average molecular weight is 451 g/mol. The van der Waals surface area contributed by atoms with Crippen molar-refractivity contribution in [3.05, 3.63) is 96.1 Å². The monoisotopic (exact) mass is 450 g/mol. The van der Waals surface area contributed by atoms with E-state index in [0.29, 0.717) is 18.1 Å². The molecule has 5 aromatic rings. The van der Waals surface area contributed by atoms with E-state index < -0.39 is 0 Å². The van der Waals surface area contributed by atoms with E-state index in [1.165, 1.54) is 12.1 Å². The number of anilines is 1. The summed E-state index contributed by atoms with van der Waals surface area (Å²) in [5.74, 6) is 0.369. The Labute approximate surface area is 196 Å². The van der Waals surface area contributed by atoms with E-state index in [-0.39, 0.29) is 5.82 Å². The second-order valence-electron chi connectivity index (χ2n) is 8.04. The molecule has 3 aromatic heterocycles. The minimum absolute atomic E-state index is 0.283. The van der Waals surface area contributed by atoms with Gasteiger partial charge in [0.2, 0.25) is 0 Å². The lowest BCUT2D eigenvalue weighted by Gasteiger charge is -2.11. The third kappa shape index (κ3) is 4.03. The van der Waals surface area contributed by atoms with Crippen molar-refractivity contribution in [3.8, 4) is 22.3 Å². The summed E-state index contributed by atoms with van der Waals surface area (Å²) in [5, 5.41) is 0. The van der Waals surface area contributed by atoms with Gasteiger partial charge in [0.1, 0.15) is 11.5 Å². The molecule has 0 atom stereocenters. The van der Waals surface area contributed by atoms with E-state index in [9.17, 15) is 4.39 Å². The maximum Gasteiger partial charge on any atom is 0.157 e. The number of benzene rings is 2. The van der Waals surface area contributed by atoms with Gasteiger partial charge in [-0.1, -0.05) is 24.3 Å². The van der Waals surface area contributed by atoms with Gasteiger partial charge in [0, 0.05) is 41.8 Å². The fourth-order valence-electron chi connectivity index (χ4n) is 4.00. The number of aliphatic imine (C=N–C) groups is 1. The van der Waals surface area contributed by atoms with Crippen LogP contribution in [0.2, 0.25) is 0 Å². The van der Waals surface area contributed by atoms with Crippen molar-refractivity contribution in [3.63, 3.8) is 0 Å². The molecule has 3 heterocycles. The predicted octanol–water partition coefficient (Wildman–Crippen LogP) is 5.57. The van der Waals surface area contributed by atoms with Gasteiger partial charge in [-0.3, -0.25) is 15.0 Å². The van der Waals surface area contributed by atoms with Crippen LogP contribution in [0.3, 0.4) is 0 Å². The number of nitrogens with one attached hydrogen (secondary N) is 1. The zero-order chi connectivity index (χ0) is 23.7. The largest absolute Gasteiger partial charge is 0.397 e. The summed E-state index contributed by atoms with van der Waals surface area (Å²) in [5.41, 5.74) is 14.5. The Morgan fingerprint density at radius 2 is 1.71 bits per heavy atom. The first kappa shape index (κ1) is 21.5. The predicted molar refractivity (Wildman–Crippen MR) is 134 cm³/mol. The number of aromatic amines is 1. The minimum Gasteiger partial charge on any atom is -0.397 e. The van der Waals surface area contributed by atoms with Crippen LogP contribution in [0.1, 0.15) is 23.9 Å². The van der Waals surface area contributed by atoms with Crippen LogP contribution in [0.15, 0.2) is 78.3 Å². The molecule has 0 bridgehead atoms. The van der Waals surface area contributed by atoms with Gasteiger partial charge in [0.25, 0.3) is 0 Å². The van der Waals surface area contributed by atoms with Crippen LogP contribution in [0, 0.1) is 12.7 Å². The molecule has 2 aromatic carbocycles. The summed E-state index contributed by atoms with van der Waals surface area (Å²) in [7, 11) is 0. The molecule has 0 saturated carbocycles. The van der Waals surface area contributed by atoms with Gasteiger partial charge in [-0.25, -0.2) is 9.37 Å². The van der Waals surface area contributed by atoms with Gasteiger partial charge in [0.15, 0.2) is 5.82 Å². The Bertz CT molecular complexity index is 1520. The zero-order valence-corrected chi connectivity index (χ0v) is 18.9. The maximum atomic E-state index is 13.4. The molecule has 0 spiro atoms. The molecule has 5 rings (SSSR count). The fourth-order valence-corrected chi connectivity index (χ4v) is 4.00. The Morgan fingerprint density at radius 3 is 2.47 bits per heavy atom. The van der Waals surface area contributed by atoms with Crippen LogP contribution >= 0.6 is 0 Å². The van der Waals surface area contributed by atoms with Crippen molar-refractivity contribution >= 4 is 22.4 Å². The Morgan fingerprint density at radius 1 is 0.941 bits per heavy atom. The van der Waals surface area contributed by atoms with Crippen molar-refractivity contribution < 1.29 is 4.39 Å². The SMILES string of the molecule is CCN=C(c1nc2c(-c3ccc(F)cc3)cncc2[nH]1)c1cc(-c2cncc(N)c2)ccc1C. The molecule has 6 nitrogen and oxygen atoms in total. The first-order chi connectivity index (χ1) is 16.5. The normalized spacial score (nSPS) is 11.8. The third-order valence-electron chi connectivity index (χ3n) is 5.68. The molecule has 0 aliphatic carbocycles. The van der Waals surface area contributed by atoms with Gasteiger partial charge in [0.05, 0.1) is 22.9 Å². The zero-order valence-electron chi connectivity index (χ0n) is 18.9. The second-order valence-corrected chi connectivity index (χ2v) is 8.04. The lowest BCUT2D eigenvalue weighted by atomic mass is 9.97. The smallest absolute Gasteiger partial charge is 0.157 e. The number of hydrogen-bond acceptors (Lipinski definition) is 5. The number of hydrogen-bond donors (Lipinski definition) is 2. The van der Waals surface area contributed by atoms with Gasteiger partial charge in [-0.05, 0) is 54.8 Å². The number of aromatic nitrogens is 4. The number of nitrogen functional groups attached to an aromatic ring is 1. The molecule has 0 unspecified atom stereocenters. The van der Waals surface area contributed by atoms with Crippen LogP contribution in [0.25, 0.3) is 33.3 Å². The van der Waals surface area contributed by atoms with Crippen molar-refractivity contribution in [2.24, 2.45) is 4.99 Å². The van der Waals surface area contributed by atoms with Gasteiger partial charge in [-0.15, -0.1) is 0 Å². The van der Waals surface area contributed by atoms with E-state index in [1.54, 1.807) is 36.9 Å². The molecule has 0 fully saturated rings. The van der Waals surface area contributed by atoms with Crippen LogP contribution < -0.4 is 5.73 Å². The third-order valence-corrected chi connectivity index (χ3v) is 5.68. The number of fused-ring (bicyclic) bond motifs is 1. The van der Waals surface area contributed by atoms with Gasteiger partial charge < -0.3 is 10.7 Å². The number of nitrogens with zero attached hydrogens (tertiary/aromatic N) is 4. The van der Waals surface area contributed by atoms with E-state index >= 15 is 0 Å². The van der Waals surface area contributed by atoms with Crippen LogP contribution in [-0.4, -0.2) is 32.2 Å². The molecule has 0 aliphatic heterocycles. The van der Waals surface area contributed by atoms with Crippen molar-refractivity contribution in [1.29, 1.82) is 0 Å². The second kappa shape index (κ2) is 8.86. The summed E-state index contributed by atoms with van der Waals surface area (Å²) in [4.78, 5) is 21.7. The quantitative estimate of drug-likeness (QED) is 0.342. The molecule has 34 heavy (non-hydrogen) atoms. The molecule has 168 valence electrons. The van der Waals surface area contributed by atoms with E-state index in [0.717, 1.165) is 50.1 Å². The van der Waals surface area contributed by atoms with E-state index in [1.807, 2.05) is 19.1 Å². The maximum absolute atomic E-state index is 13.4. The van der Waals surface area contributed by atoms with Gasteiger partial charge >= 0.3 is 0 Å². The number of halogens is 1. The molecular weight excluding hydrogens is 427 g/mol. The minimum atomic E-state index is -0.283. The van der Waals surface area contributed by atoms with Crippen LogP contribution in [-0.2, 0) is 0 Å². The summed E-state index contributed by atoms with van der Waals surface area (Å²) in [6.45, 7) is 4.64. The number of rotatable bonds is 5. The molecule has 0 aliphatic rings. The molecule has 3 N–H and O–H groups in total. The number of pyridine rings is 2. The van der Waals surface area contributed by atoms with Crippen molar-refractivity contribution in [2.75, 3.05) is 12.3 Å². The molecule has 7 heteroatoms. The topological polar surface area (TPSA) is 92.8 Å². The number of aryl methyl sites for hydroxylation is 1. The fraction of sp³-hybridized carbons (Fsp3) is 0.111. The van der Waals surface area contributed by atoms with Crippen molar-refractivity contribution in [2.45, 2.75) is 13.8 Å². The van der Waals surface area contributed by atoms with Gasteiger partial charge in [-0.2, -0.15) is 0 Å². The highest BCUT2D eigenvalue weighted by Gasteiger charge is 2.17. The summed E-state index contributed by atoms with van der Waals surface area (Å²) in [6, 6.07) is 14.4. The van der Waals surface area contributed by atoms with Crippen molar-refractivity contribution in [1.82, 2.24) is 19.9 Å². The molecular formula is C27H23FN6. The molecule has 0 amide bonds. The standard InChI is InChI=1S/C27H23FN6/c1-3-32-26(22-11-18(5-4-16(22)2)19-10-21(29)13-30-12-19)27-33-24-15-31-14-23(25(24)34-27)17-6-8-20(28)9-7-17/h4-15H,3,29H2,1-2H3,(H,33,34). The lowest BCUT2D eigenvalue weighted by Crippen LogP contribution is -2.09. The summed E-state index contributed by atoms with van der Waals surface area (Å²) >= 11 is 0. The van der Waals surface area contributed by atoms with E-state index in [2.05, 4.69) is 34.0 Å². The Kier molecular flexibility index (Phi) is 5.59. The summed E-state index contributed by atoms with van der Waals surface area (Å²) in [6.07, 6.45) is 6.91. The average Bonchev–Trinajstić information content (AvgIpc) is 3.28. The Balaban J connectivity index is 1.64.